The molecular weight excluding hydrogens is 321 g/mol. The normalized spacial score (nSPS) is 11.4. The van der Waals surface area contributed by atoms with Gasteiger partial charge < -0.3 is 21.1 Å². The lowest BCUT2D eigenvalue weighted by molar-refractivity contribution is -0.122. The zero-order valence-electron chi connectivity index (χ0n) is 11.2. The third-order valence-corrected chi connectivity index (χ3v) is 3.03. The lowest BCUT2D eigenvalue weighted by Gasteiger charge is -2.15. The van der Waals surface area contributed by atoms with Gasteiger partial charge in [-0.1, -0.05) is 23.2 Å². The van der Waals surface area contributed by atoms with Gasteiger partial charge in [0, 0.05) is 12.1 Å². The molecule has 1 rings (SSSR count). The van der Waals surface area contributed by atoms with Crippen LogP contribution in [-0.4, -0.2) is 36.1 Å². The zero-order chi connectivity index (χ0) is 16.2. The van der Waals surface area contributed by atoms with Crippen LogP contribution in [0.1, 0.15) is 17.3 Å². The number of carboxylic acid groups (broad SMARTS) is 1. The van der Waals surface area contributed by atoms with Gasteiger partial charge in [-0.15, -0.1) is 0 Å². The van der Waals surface area contributed by atoms with Crippen LogP contribution in [0.5, 0.6) is 0 Å². The van der Waals surface area contributed by atoms with E-state index in [1.54, 1.807) is 0 Å². The third-order valence-electron chi connectivity index (χ3n) is 2.51. The minimum atomic E-state index is -1.30. The van der Waals surface area contributed by atoms with E-state index >= 15 is 0 Å². The van der Waals surface area contributed by atoms with E-state index < -0.39 is 23.9 Å². The Labute approximate surface area is 130 Å². The fourth-order valence-electron chi connectivity index (χ4n) is 1.50. The molecular formula is C12H13Cl2N3O4. The minimum absolute atomic E-state index is 0.0253. The first-order chi connectivity index (χ1) is 9.76. The molecule has 0 saturated carbocycles. The summed E-state index contributed by atoms with van der Waals surface area (Å²) >= 11 is 11.6. The van der Waals surface area contributed by atoms with Crippen molar-refractivity contribution in [2.24, 2.45) is 0 Å². The summed E-state index contributed by atoms with van der Waals surface area (Å²) in [4.78, 5) is 34.2. The standard InChI is InChI=1S/C12H13Cl2N3O4/c1-5(10(18)15-2)16-12(21)17-9-7(11(19)20)3-6(13)4-8(9)14/h3-5H,1-2H3,(H,15,18)(H,19,20)(H2,16,17,21). The summed E-state index contributed by atoms with van der Waals surface area (Å²) in [5.41, 5.74) is -0.356. The molecule has 0 aliphatic heterocycles. The number of urea groups is 1. The monoisotopic (exact) mass is 333 g/mol. The van der Waals surface area contributed by atoms with Gasteiger partial charge in [-0.05, 0) is 19.1 Å². The van der Waals surface area contributed by atoms with Gasteiger partial charge in [0.05, 0.1) is 16.3 Å². The largest absolute Gasteiger partial charge is 0.478 e. The van der Waals surface area contributed by atoms with Crippen LogP contribution in [0.3, 0.4) is 0 Å². The molecule has 0 aliphatic rings. The van der Waals surface area contributed by atoms with Gasteiger partial charge in [0.25, 0.3) is 0 Å². The fraction of sp³-hybridized carbons (Fsp3) is 0.250. The number of rotatable bonds is 4. The molecule has 4 N–H and O–H groups in total. The maximum absolute atomic E-state index is 11.8. The number of halogens is 2. The Hall–Kier alpha value is -1.99. The van der Waals surface area contributed by atoms with Gasteiger partial charge in [0.2, 0.25) is 5.91 Å². The van der Waals surface area contributed by atoms with Crippen LogP contribution < -0.4 is 16.0 Å². The first-order valence-electron chi connectivity index (χ1n) is 5.77. The number of likely N-dealkylation sites (N-methyl/N-ethyl adjacent to an activating group) is 1. The molecule has 1 aromatic carbocycles. The summed E-state index contributed by atoms with van der Waals surface area (Å²) in [5, 5.41) is 16.2. The van der Waals surface area contributed by atoms with Crippen LogP contribution >= 0.6 is 23.2 Å². The van der Waals surface area contributed by atoms with Gasteiger partial charge in [0.15, 0.2) is 0 Å². The average Bonchev–Trinajstić information content (AvgIpc) is 2.40. The third kappa shape index (κ3) is 4.51. The van der Waals surface area contributed by atoms with Crippen molar-refractivity contribution in [1.82, 2.24) is 10.6 Å². The maximum Gasteiger partial charge on any atom is 0.337 e. The molecule has 9 heteroatoms. The van der Waals surface area contributed by atoms with E-state index in [4.69, 9.17) is 28.3 Å². The Balaban J connectivity index is 2.95. The molecule has 0 aromatic heterocycles. The highest BCUT2D eigenvalue weighted by molar-refractivity contribution is 6.37. The number of benzene rings is 1. The number of amides is 3. The quantitative estimate of drug-likeness (QED) is 0.675. The molecule has 21 heavy (non-hydrogen) atoms. The van der Waals surface area contributed by atoms with Crippen LogP contribution in [0.4, 0.5) is 10.5 Å². The van der Waals surface area contributed by atoms with Crippen molar-refractivity contribution >= 4 is 46.8 Å². The fourth-order valence-corrected chi connectivity index (χ4v) is 2.04. The molecule has 114 valence electrons. The smallest absolute Gasteiger partial charge is 0.337 e. The molecule has 0 saturated heterocycles. The lowest BCUT2D eigenvalue weighted by Crippen LogP contribution is -2.45. The highest BCUT2D eigenvalue weighted by atomic mass is 35.5. The summed E-state index contributed by atoms with van der Waals surface area (Å²) in [6.45, 7) is 1.47. The number of hydrogen-bond acceptors (Lipinski definition) is 3. The second kappa shape index (κ2) is 7.14. The maximum atomic E-state index is 11.8. The van der Waals surface area contributed by atoms with E-state index in [0.717, 1.165) is 6.07 Å². The second-order valence-electron chi connectivity index (χ2n) is 4.05. The molecule has 1 atom stereocenters. The van der Waals surface area contributed by atoms with Crippen molar-refractivity contribution in [1.29, 1.82) is 0 Å². The Morgan fingerprint density at radius 3 is 2.38 bits per heavy atom. The van der Waals surface area contributed by atoms with Gasteiger partial charge >= 0.3 is 12.0 Å². The number of carboxylic acids is 1. The van der Waals surface area contributed by atoms with E-state index in [2.05, 4.69) is 16.0 Å². The molecule has 1 aromatic rings. The molecule has 0 aliphatic carbocycles. The summed E-state index contributed by atoms with van der Waals surface area (Å²) in [5.74, 6) is -1.69. The minimum Gasteiger partial charge on any atom is -0.478 e. The van der Waals surface area contributed by atoms with Gasteiger partial charge in [-0.3, -0.25) is 4.79 Å². The van der Waals surface area contributed by atoms with E-state index in [9.17, 15) is 14.4 Å². The first-order valence-corrected chi connectivity index (χ1v) is 6.53. The average molecular weight is 334 g/mol. The Kier molecular flexibility index (Phi) is 5.80. The van der Waals surface area contributed by atoms with Crippen LogP contribution in [-0.2, 0) is 4.79 Å². The summed E-state index contributed by atoms with van der Waals surface area (Å²) in [7, 11) is 1.43. The summed E-state index contributed by atoms with van der Waals surface area (Å²) < 4.78 is 0. The Morgan fingerprint density at radius 2 is 1.86 bits per heavy atom. The van der Waals surface area contributed by atoms with Crippen molar-refractivity contribution in [3.63, 3.8) is 0 Å². The van der Waals surface area contributed by atoms with E-state index in [1.165, 1.54) is 20.0 Å². The highest BCUT2D eigenvalue weighted by Crippen LogP contribution is 2.30. The number of anilines is 1. The predicted octanol–water partition coefficient (Wildman–Crippen LogP) is 1.95. The number of aromatic carboxylic acids is 1. The highest BCUT2D eigenvalue weighted by Gasteiger charge is 2.19. The van der Waals surface area contributed by atoms with Crippen LogP contribution in [0, 0.1) is 0 Å². The van der Waals surface area contributed by atoms with Gasteiger partial charge in [0.1, 0.15) is 6.04 Å². The van der Waals surface area contributed by atoms with Crippen LogP contribution in [0.2, 0.25) is 10.0 Å². The lowest BCUT2D eigenvalue weighted by atomic mass is 10.2. The van der Waals surface area contributed by atoms with Gasteiger partial charge in [-0.2, -0.15) is 0 Å². The molecule has 0 fully saturated rings. The molecule has 0 spiro atoms. The molecule has 1 unspecified atom stereocenters. The second-order valence-corrected chi connectivity index (χ2v) is 4.89. The number of nitrogens with one attached hydrogen (secondary N) is 3. The predicted molar refractivity (Wildman–Crippen MR) is 79.1 cm³/mol. The number of carbonyl (C=O) groups is 3. The Morgan fingerprint density at radius 1 is 1.24 bits per heavy atom. The van der Waals surface area contributed by atoms with Crippen LogP contribution in [0.25, 0.3) is 0 Å². The van der Waals surface area contributed by atoms with E-state index in [0.29, 0.717) is 0 Å². The zero-order valence-corrected chi connectivity index (χ0v) is 12.7. The topological polar surface area (TPSA) is 108 Å². The van der Waals surface area contributed by atoms with Crippen molar-refractivity contribution in [3.8, 4) is 0 Å². The summed E-state index contributed by atoms with van der Waals surface area (Å²) in [6, 6.07) is 0.896. The van der Waals surface area contributed by atoms with E-state index in [-0.39, 0.29) is 21.3 Å². The van der Waals surface area contributed by atoms with Gasteiger partial charge in [-0.25, -0.2) is 9.59 Å². The molecule has 7 nitrogen and oxygen atoms in total. The van der Waals surface area contributed by atoms with Crippen LogP contribution in [0.15, 0.2) is 12.1 Å². The Bertz CT molecular complexity index is 592. The molecule has 0 bridgehead atoms. The SMILES string of the molecule is CNC(=O)C(C)NC(=O)Nc1c(Cl)cc(Cl)cc1C(=O)O. The molecule has 0 heterocycles. The van der Waals surface area contributed by atoms with Crippen molar-refractivity contribution in [2.45, 2.75) is 13.0 Å². The molecule has 3 amide bonds. The first kappa shape index (κ1) is 17.1. The van der Waals surface area contributed by atoms with E-state index in [1.807, 2.05) is 0 Å². The number of carbonyl (C=O) groups excluding carboxylic acids is 2. The number of hydrogen-bond donors (Lipinski definition) is 4. The van der Waals surface area contributed by atoms with Crippen molar-refractivity contribution < 1.29 is 19.5 Å². The molecule has 0 radical (unpaired) electrons. The summed E-state index contributed by atoms with van der Waals surface area (Å²) in [6.07, 6.45) is 0. The van der Waals surface area contributed by atoms with Crippen molar-refractivity contribution in [2.75, 3.05) is 12.4 Å². The van der Waals surface area contributed by atoms with Crippen molar-refractivity contribution in [3.05, 3.63) is 27.7 Å².